The average molecular weight is 333 g/mol. The highest BCUT2D eigenvalue weighted by atomic mass is 16.1. The van der Waals surface area contributed by atoms with Gasteiger partial charge in [-0.3, -0.25) is 4.79 Å². The highest BCUT2D eigenvalue weighted by molar-refractivity contribution is 5.95. The summed E-state index contributed by atoms with van der Waals surface area (Å²) in [6.07, 6.45) is 13.0. The first-order valence-corrected chi connectivity index (χ1v) is 8.77. The fourth-order valence-corrected chi connectivity index (χ4v) is 2.96. The van der Waals surface area contributed by atoms with E-state index < -0.39 is 0 Å². The van der Waals surface area contributed by atoms with Crippen molar-refractivity contribution in [1.29, 1.82) is 0 Å². The second kappa shape index (κ2) is 7.93. The van der Waals surface area contributed by atoms with E-state index in [4.69, 9.17) is 0 Å². The number of anilines is 1. The van der Waals surface area contributed by atoms with Crippen LogP contribution in [-0.2, 0) is 6.54 Å². The Morgan fingerprint density at radius 3 is 2.44 bits per heavy atom. The smallest absolute Gasteiger partial charge is 0.227 e. The molecule has 25 heavy (non-hydrogen) atoms. The van der Waals surface area contributed by atoms with E-state index in [1.807, 2.05) is 48.1 Å². The molecule has 0 bridgehead atoms. The van der Waals surface area contributed by atoms with E-state index in [2.05, 4.69) is 42.3 Å². The zero-order valence-corrected chi connectivity index (χ0v) is 15.0. The molecule has 1 aliphatic rings. The Bertz CT molecular complexity index is 786. The molecular weight excluding hydrogens is 308 g/mol. The van der Waals surface area contributed by atoms with Crippen LogP contribution in [0.25, 0.3) is 0 Å². The molecule has 0 amide bonds. The number of benzene rings is 1. The van der Waals surface area contributed by atoms with Crippen LogP contribution in [0, 0.1) is 6.92 Å². The van der Waals surface area contributed by atoms with Crippen molar-refractivity contribution < 1.29 is 9.36 Å². The fraction of sp³-hybridized carbons (Fsp3) is 0.273. The van der Waals surface area contributed by atoms with Crippen molar-refractivity contribution in [3.63, 3.8) is 0 Å². The fourth-order valence-electron chi connectivity index (χ4n) is 2.96. The first-order chi connectivity index (χ1) is 12.1. The number of hydrogen-bond acceptors (Lipinski definition) is 2. The van der Waals surface area contributed by atoms with Crippen LogP contribution < -0.4 is 9.47 Å². The molecule has 1 aromatic heterocycles. The van der Waals surface area contributed by atoms with Crippen molar-refractivity contribution in [3.8, 4) is 0 Å². The number of aromatic nitrogens is 1. The molecule has 0 radical (unpaired) electrons. The van der Waals surface area contributed by atoms with Gasteiger partial charge in [-0.15, -0.1) is 0 Å². The topological polar surface area (TPSA) is 24.2 Å². The lowest BCUT2D eigenvalue weighted by atomic mass is 10.1. The summed E-state index contributed by atoms with van der Waals surface area (Å²) in [5, 5.41) is 0. The third kappa shape index (κ3) is 4.66. The first-order valence-electron chi connectivity index (χ1n) is 8.77. The predicted octanol–water partition coefficient (Wildman–Crippen LogP) is 3.88. The molecule has 0 saturated heterocycles. The van der Waals surface area contributed by atoms with Gasteiger partial charge in [0, 0.05) is 37.0 Å². The molecule has 1 aromatic carbocycles. The van der Waals surface area contributed by atoms with E-state index in [0.29, 0.717) is 6.54 Å². The molecule has 3 nitrogen and oxygen atoms in total. The molecule has 1 heterocycles. The number of carbonyl (C=O) groups excluding carboxylic acids is 1. The number of Topliss-reactive ketones (excluding diaryl/α,β-unsaturated/α-hetero) is 1. The molecule has 0 spiro atoms. The summed E-state index contributed by atoms with van der Waals surface area (Å²) < 4.78 is 1.93. The molecule has 3 heteroatoms. The Morgan fingerprint density at radius 2 is 1.80 bits per heavy atom. The van der Waals surface area contributed by atoms with Crippen LogP contribution in [0.15, 0.2) is 72.6 Å². The summed E-state index contributed by atoms with van der Waals surface area (Å²) in [5.41, 5.74) is 4.44. The molecule has 3 rings (SSSR count). The van der Waals surface area contributed by atoms with Gasteiger partial charge in [0.15, 0.2) is 12.4 Å². The number of rotatable bonds is 6. The van der Waals surface area contributed by atoms with Gasteiger partial charge in [0.05, 0.1) is 0 Å². The lowest BCUT2D eigenvalue weighted by Crippen LogP contribution is -2.37. The number of pyridine rings is 1. The van der Waals surface area contributed by atoms with Crippen LogP contribution in [-0.4, -0.2) is 19.4 Å². The third-order valence-corrected chi connectivity index (χ3v) is 4.51. The highest BCUT2D eigenvalue weighted by Crippen LogP contribution is 2.15. The first kappa shape index (κ1) is 17.2. The van der Waals surface area contributed by atoms with E-state index in [1.54, 1.807) is 0 Å². The van der Waals surface area contributed by atoms with Gasteiger partial charge >= 0.3 is 0 Å². The minimum Gasteiger partial charge on any atom is -0.370 e. The van der Waals surface area contributed by atoms with E-state index in [1.165, 1.54) is 11.1 Å². The van der Waals surface area contributed by atoms with Gasteiger partial charge in [-0.25, -0.2) is 0 Å². The summed E-state index contributed by atoms with van der Waals surface area (Å²) in [5.74, 6) is 0.128. The van der Waals surface area contributed by atoms with Crippen molar-refractivity contribution in [1.82, 2.24) is 0 Å². The van der Waals surface area contributed by atoms with Crippen LogP contribution in [0.1, 0.15) is 28.8 Å². The Kier molecular flexibility index (Phi) is 5.44. The molecule has 1 aliphatic carbocycles. The molecule has 128 valence electrons. The number of nitrogens with zero attached hydrogens (tertiary/aromatic N) is 2. The minimum absolute atomic E-state index is 0.128. The summed E-state index contributed by atoms with van der Waals surface area (Å²) in [6.45, 7) is 3.29. The van der Waals surface area contributed by atoms with Crippen LogP contribution in [0.5, 0.6) is 0 Å². The van der Waals surface area contributed by atoms with Crippen molar-refractivity contribution in [2.45, 2.75) is 26.3 Å². The van der Waals surface area contributed by atoms with E-state index in [-0.39, 0.29) is 5.78 Å². The van der Waals surface area contributed by atoms with Crippen LogP contribution in [0.2, 0.25) is 0 Å². The Labute approximate surface area is 149 Å². The minimum atomic E-state index is 0.128. The van der Waals surface area contributed by atoms with Gasteiger partial charge in [0.25, 0.3) is 0 Å². The lowest BCUT2D eigenvalue weighted by Gasteiger charge is -2.20. The Morgan fingerprint density at radius 1 is 1.08 bits per heavy atom. The molecule has 2 aromatic rings. The molecular formula is C22H25N2O+. The number of hydrogen-bond donors (Lipinski definition) is 0. The summed E-state index contributed by atoms with van der Waals surface area (Å²) in [7, 11) is 2.10. The monoisotopic (exact) mass is 333 g/mol. The van der Waals surface area contributed by atoms with Crippen LogP contribution >= 0.6 is 0 Å². The van der Waals surface area contributed by atoms with E-state index >= 15 is 0 Å². The summed E-state index contributed by atoms with van der Waals surface area (Å²) in [4.78, 5) is 14.6. The molecule has 0 unspecified atom stereocenters. The number of ketones is 1. The number of allylic oxidation sites excluding steroid dienone is 2. The summed E-state index contributed by atoms with van der Waals surface area (Å²) >= 11 is 0. The average Bonchev–Trinajstić information content (AvgIpc) is 2.63. The number of aryl methyl sites for hydroxylation is 1. The third-order valence-electron chi connectivity index (χ3n) is 4.51. The molecule has 0 saturated carbocycles. The highest BCUT2D eigenvalue weighted by Gasteiger charge is 2.13. The molecule has 0 atom stereocenters. The van der Waals surface area contributed by atoms with Gasteiger partial charge in [0.2, 0.25) is 12.3 Å². The van der Waals surface area contributed by atoms with Crippen LogP contribution in [0.4, 0.5) is 5.69 Å². The standard InChI is InChI=1S/C22H25N2O/c1-18-8-10-20(11-9-18)22(25)17-24-14-12-21(13-15-24)23(2)16-19-6-4-3-5-7-19/h4,6-15H,3,5,16-17H2,1-2H3/q+1. The van der Waals surface area contributed by atoms with Gasteiger partial charge in [-0.05, 0) is 25.3 Å². The van der Waals surface area contributed by atoms with Crippen molar-refractivity contribution in [3.05, 3.63) is 83.7 Å². The van der Waals surface area contributed by atoms with Crippen molar-refractivity contribution >= 4 is 11.5 Å². The maximum absolute atomic E-state index is 12.4. The zero-order valence-electron chi connectivity index (χ0n) is 15.0. The Balaban J connectivity index is 1.61. The Hall–Kier alpha value is -2.68. The van der Waals surface area contributed by atoms with Gasteiger partial charge in [0.1, 0.15) is 0 Å². The number of likely N-dealkylation sites (N-methyl/N-ethyl adjacent to an activating group) is 1. The summed E-state index contributed by atoms with van der Waals surface area (Å²) in [6, 6.07) is 11.9. The molecule has 0 aliphatic heterocycles. The predicted molar refractivity (Wildman–Crippen MR) is 102 cm³/mol. The van der Waals surface area contributed by atoms with Gasteiger partial charge < -0.3 is 4.90 Å². The van der Waals surface area contributed by atoms with Crippen molar-refractivity contribution in [2.75, 3.05) is 18.5 Å². The van der Waals surface area contributed by atoms with E-state index in [9.17, 15) is 4.79 Å². The second-order valence-electron chi connectivity index (χ2n) is 6.63. The van der Waals surface area contributed by atoms with Gasteiger partial charge in [-0.2, -0.15) is 4.57 Å². The zero-order chi connectivity index (χ0) is 17.6. The molecule has 0 fully saturated rings. The SMILES string of the molecule is Cc1ccc(C(=O)C[n+]2ccc(N(C)CC3=CCCC=C3)cc2)cc1. The van der Waals surface area contributed by atoms with Crippen molar-refractivity contribution in [2.24, 2.45) is 0 Å². The maximum Gasteiger partial charge on any atom is 0.227 e. The normalized spacial score (nSPS) is 13.4. The number of carbonyl (C=O) groups is 1. The largest absolute Gasteiger partial charge is 0.370 e. The second-order valence-corrected chi connectivity index (χ2v) is 6.63. The quantitative estimate of drug-likeness (QED) is 0.592. The van der Waals surface area contributed by atoms with Gasteiger partial charge in [-0.1, -0.05) is 48.1 Å². The van der Waals surface area contributed by atoms with E-state index in [0.717, 1.165) is 30.6 Å². The maximum atomic E-state index is 12.4. The molecule has 0 N–H and O–H groups in total. The lowest BCUT2D eigenvalue weighted by molar-refractivity contribution is -0.683. The van der Waals surface area contributed by atoms with Crippen LogP contribution in [0.3, 0.4) is 0 Å².